The second-order valence-electron chi connectivity index (χ2n) is 8.79. The number of thiol groups is 1. The summed E-state index contributed by atoms with van der Waals surface area (Å²) in [7, 11) is 4.03. The molecule has 5 aromatic rings. The minimum absolute atomic E-state index is 0.586. The van der Waals surface area contributed by atoms with E-state index < -0.39 is 0 Å². The van der Waals surface area contributed by atoms with Crippen molar-refractivity contribution in [3.63, 3.8) is 0 Å². The summed E-state index contributed by atoms with van der Waals surface area (Å²) in [6.07, 6.45) is 12.1. The van der Waals surface area contributed by atoms with E-state index in [2.05, 4.69) is 60.7 Å². The van der Waals surface area contributed by atoms with E-state index in [1.54, 1.807) is 30.2 Å². The number of fused-ring (bicyclic) bond motifs is 2. The number of imidazole rings is 1. The van der Waals surface area contributed by atoms with Crippen molar-refractivity contribution in [3.8, 4) is 28.4 Å². The van der Waals surface area contributed by atoms with Gasteiger partial charge in [-0.3, -0.25) is 15.1 Å². The van der Waals surface area contributed by atoms with E-state index in [4.69, 9.17) is 9.72 Å². The highest BCUT2D eigenvalue weighted by molar-refractivity contribution is 7.83. The number of hydrogen-bond acceptors (Lipinski definition) is 8. The van der Waals surface area contributed by atoms with Crippen molar-refractivity contribution in [2.45, 2.75) is 13.3 Å². The van der Waals surface area contributed by atoms with Crippen LogP contribution in [0.25, 0.3) is 50.3 Å². The van der Waals surface area contributed by atoms with Crippen LogP contribution >= 0.6 is 12.6 Å². The first-order valence-electron chi connectivity index (χ1n) is 12.0. The standard InChI is InChI=1S/C27H28N8OS/c1-4-5-6-17(16-37)23-25-22(7-8-29-23)31-27(32-25)24-21-12-19(14-30-26(21)34-33-24)18-11-20(15-28-13-18)36-10-9-35(2)3/h5-8,11-16,37H,4,9-10H2,1-3H3,(H,31,32)(H,30,33,34)/b6-5-,17-16+. The Hall–Kier alpha value is -4.02. The molecule has 9 nitrogen and oxygen atoms in total. The molecular formula is C27H28N8OS. The van der Waals surface area contributed by atoms with E-state index in [0.29, 0.717) is 23.8 Å². The maximum atomic E-state index is 5.86. The van der Waals surface area contributed by atoms with Crippen molar-refractivity contribution in [1.29, 1.82) is 0 Å². The number of pyridine rings is 3. The molecule has 0 spiro atoms. The Morgan fingerprint density at radius 2 is 2.00 bits per heavy atom. The van der Waals surface area contributed by atoms with Crippen LogP contribution in [0.5, 0.6) is 5.75 Å². The highest BCUT2D eigenvalue weighted by Gasteiger charge is 2.17. The minimum atomic E-state index is 0.586. The van der Waals surface area contributed by atoms with E-state index in [1.165, 1.54) is 0 Å². The normalized spacial score (nSPS) is 12.4. The van der Waals surface area contributed by atoms with Gasteiger partial charge in [0.05, 0.1) is 22.8 Å². The Balaban J connectivity index is 1.52. The molecule has 0 aliphatic carbocycles. The Kier molecular flexibility index (Phi) is 7.29. The minimum Gasteiger partial charge on any atom is -0.491 e. The van der Waals surface area contributed by atoms with Gasteiger partial charge in [0.25, 0.3) is 0 Å². The zero-order chi connectivity index (χ0) is 25.8. The third kappa shape index (κ3) is 5.25. The Labute approximate surface area is 220 Å². The quantitative estimate of drug-likeness (QED) is 0.185. The highest BCUT2D eigenvalue weighted by atomic mass is 32.1. The fourth-order valence-electron chi connectivity index (χ4n) is 3.93. The lowest BCUT2D eigenvalue weighted by Crippen LogP contribution is -2.19. The molecule has 10 heteroatoms. The lowest BCUT2D eigenvalue weighted by atomic mass is 10.1. The number of hydrogen-bond donors (Lipinski definition) is 3. The molecule has 5 rings (SSSR count). The van der Waals surface area contributed by atoms with Crippen molar-refractivity contribution in [3.05, 3.63) is 66.2 Å². The lowest BCUT2D eigenvalue weighted by molar-refractivity contribution is 0.261. The van der Waals surface area contributed by atoms with Crippen molar-refractivity contribution < 1.29 is 4.74 Å². The SMILES string of the molecule is CC/C=C\C(=C/S)c1nccc2[nH]c(-c3[nH]nc4ncc(-c5cncc(OCCN(C)C)c5)cc34)nc12. The van der Waals surface area contributed by atoms with Crippen molar-refractivity contribution in [1.82, 2.24) is 40.0 Å². The van der Waals surface area contributed by atoms with Crippen LogP contribution in [0.1, 0.15) is 19.0 Å². The molecular weight excluding hydrogens is 484 g/mol. The summed E-state index contributed by atoms with van der Waals surface area (Å²) < 4.78 is 5.86. The van der Waals surface area contributed by atoms with Gasteiger partial charge < -0.3 is 14.6 Å². The molecule has 0 aliphatic heterocycles. The Morgan fingerprint density at radius 3 is 2.81 bits per heavy atom. The molecule has 0 atom stereocenters. The summed E-state index contributed by atoms with van der Waals surface area (Å²) in [5.74, 6) is 1.37. The van der Waals surface area contributed by atoms with Gasteiger partial charge in [-0.1, -0.05) is 19.1 Å². The van der Waals surface area contributed by atoms with E-state index in [1.807, 2.05) is 38.4 Å². The zero-order valence-corrected chi connectivity index (χ0v) is 21.8. The number of nitrogens with zero attached hydrogens (tertiary/aromatic N) is 6. The number of allylic oxidation sites excluding steroid dienone is 3. The van der Waals surface area contributed by atoms with Crippen LogP contribution in [0.3, 0.4) is 0 Å². The second kappa shape index (κ2) is 10.9. The van der Waals surface area contributed by atoms with E-state index in [0.717, 1.165) is 57.5 Å². The molecule has 0 fully saturated rings. The molecule has 0 aromatic carbocycles. The van der Waals surface area contributed by atoms with E-state index in [-0.39, 0.29) is 0 Å². The average molecular weight is 513 g/mol. The first-order chi connectivity index (χ1) is 18.1. The molecule has 5 aromatic heterocycles. The van der Waals surface area contributed by atoms with Gasteiger partial charge in [-0.25, -0.2) is 9.97 Å². The highest BCUT2D eigenvalue weighted by Crippen LogP contribution is 2.31. The van der Waals surface area contributed by atoms with Crippen LogP contribution in [0.4, 0.5) is 0 Å². The van der Waals surface area contributed by atoms with Gasteiger partial charge >= 0.3 is 0 Å². The van der Waals surface area contributed by atoms with Gasteiger partial charge in [0.15, 0.2) is 11.5 Å². The number of nitrogens with one attached hydrogen (secondary N) is 2. The maximum absolute atomic E-state index is 5.86. The monoisotopic (exact) mass is 512 g/mol. The number of ether oxygens (including phenoxy) is 1. The van der Waals surface area contributed by atoms with Gasteiger partial charge in [0.2, 0.25) is 0 Å². The van der Waals surface area contributed by atoms with E-state index in [9.17, 15) is 0 Å². The number of H-pyrrole nitrogens is 2. The van der Waals surface area contributed by atoms with Gasteiger partial charge in [-0.05, 0) is 44.1 Å². The molecule has 188 valence electrons. The van der Waals surface area contributed by atoms with Gasteiger partial charge in [-0.2, -0.15) is 17.7 Å². The van der Waals surface area contributed by atoms with Crippen molar-refractivity contribution in [2.24, 2.45) is 0 Å². The van der Waals surface area contributed by atoms with E-state index >= 15 is 0 Å². The zero-order valence-electron chi connectivity index (χ0n) is 20.9. The molecule has 0 unspecified atom stereocenters. The number of likely N-dealkylation sites (N-methyl/N-ethyl adjacent to an activating group) is 1. The molecule has 0 bridgehead atoms. The molecule has 0 saturated carbocycles. The summed E-state index contributed by atoms with van der Waals surface area (Å²) in [6, 6.07) is 5.92. The smallest absolute Gasteiger partial charge is 0.181 e. The first kappa shape index (κ1) is 24.7. The average Bonchev–Trinajstić information content (AvgIpc) is 3.53. The summed E-state index contributed by atoms with van der Waals surface area (Å²) in [5, 5.41) is 10.1. The molecule has 0 amide bonds. The molecule has 2 N–H and O–H groups in total. The third-order valence-electron chi connectivity index (χ3n) is 5.85. The summed E-state index contributed by atoms with van der Waals surface area (Å²) in [6.45, 7) is 3.50. The molecule has 37 heavy (non-hydrogen) atoms. The second-order valence-corrected chi connectivity index (χ2v) is 9.05. The van der Waals surface area contributed by atoms with Gasteiger partial charge in [-0.15, -0.1) is 0 Å². The van der Waals surface area contributed by atoms with Crippen molar-refractivity contribution in [2.75, 3.05) is 27.2 Å². The fourth-order valence-corrected chi connectivity index (χ4v) is 4.14. The topological polar surface area (TPSA) is 108 Å². The van der Waals surface area contributed by atoms with Crippen LogP contribution in [-0.2, 0) is 0 Å². The lowest BCUT2D eigenvalue weighted by Gasteiger charge is -2.11. The number of rotatable bonds is 9. The third-order valence-corrected chi connectivity index (χ3v) is 6.12. The maximum Gasteiger partial charge on any atom is 0.181 e. The summed E-state index contributed by atoms with van der Waals surface area (Å²) in [4.78, 5) is 23.9. The number of aromatic amines is 2. The number of aromatic nitrogens is 7. The van der Waals surface area contributed by atoms with Crippen molar-refractivity contribution >= 4 is 40.3 Å². The molecule has 0 aliphatic rings. The summed E-state index contributed by atoms with van der Waals surface area (Å²) in [5.41, 5.74) is 6.46. The molecule has 0 saturated heterocycles. The largest absolute Gasteiger partial charge is 0.491 e. The molecule has 0 radical (unpaired) electrons. The predicted molar refractivity (Wildman–Crippen MR) is 150 cm³/mol. The Morgan fingerprint density at radius 1 is 1.14 bits per heavy atom. The molecule has 5 heterocycles. The van der Waals surface area contributed by atoms with Gasteiger partial charge in [0, 0.05) is 41.8 Å². The van der Waals surface area contributed by atoms with Gasteiger partial charge in [0.1, 0.15) is 23.6 Å². The van der Waals surface area contributed by atoms with Crippen LogP contribution in [-0.4, -0.2) is 67.3 Å². The summed E-state index contributed by atoms with van der Waals surface area (Å²) >= 11 is 4.39. The van der Waals surface area contributed by atoms with Crippen LogP contribution in [0.2, 0.25) is 0 Å². The van der Waals surface area contributed by atoms with Crippen LogP contribution in [0.15, 0.2) is 60.5 Å². The predicted octanol–water partition coefficient (Wildman–Crippen LogP) is 5.14. The van der Waals surface area contributed by atoms with Crippen LogP contribution in [0, 0.1) is 0 Å². The fraction of sp³-hybridized carbons (Fsp3) is 0.222. The first-order valence-corrected chi connectivity index (χ1v) is 12.5. The Bertz CT molecular complexity index is 1600. The van der Waals surface area contributed by atoms with Crippen LogP contribution < -0.4 is 4.74 Å².